The number of hydrogen-bond donors (Lipinski definition) is 2. The molecule has 4 nitrogen and oxygen atoms in total. The molecule has 1 saturated carbocycles. The maximum atomic E-state index is 9.80. The molecule has 1 atom stereocenters. The third-order valence-electron chi connectivity index (χ3n) is 3.99. The van der Waals surface area contributed by atoms with Gasteiger partial charge in [0.2, 0.25) is 0 Å². The number of ether oxygens (including phenoxy) is 1. The van der Waals surface area contributed by atoms with Gasteiger partial charge in [-0.15, -0.1) is 0 Å². The fourth-order valence-corrected chi connectivity index (χ4v) is 2.91. The molecule has 2 N–H and O–H groups in total. The Hall–Kier alpha value is -0.160. The van der Waals surface area contributed by atoms with E-state index in [4.69, 9.17) is 4.74 Å². The van der Waals surface area contributed by atoms with Crippen molar-refractivity contribution in [3.63, 3.8) is 0 Å². The average Bonchev–Trinajstić information content (AvgIpc) is 3.16. The lowest BCUT2D eigenvalue weighted by Gasteiger charge is -2.37. The Labute approximate surface area is 104 Å². The van der Waals surface area contributed by atoms with Gasteiger partial charge in [0.15, 0.2) is 0 Å². The van der Waals surface area contributed by atoms with Crippen LogP contribution in [0.25, 0.3) is 0 Å². The molecule has 17 heavy (non-hydrogen) atoms. The van der Waals surface area contributed by atoms with Crippen LogP contribution in [0.15, 0.2) is 0 Å². The zero-order valence-corrected chi connectivity index (χ0v) is 11.0. The van der Waals surface area contributed by atoms with Gasteiger partial charge in [0, 0.05) is 26.2 Å². The van der Waals surface area contributed by atoms with Crippen LogP contribution in [0.1, 0.15) is 26.2 Å². The topological polar surface area (TPSA) is 44.7 Å². The zero-order chi connectivity index (χ0) is 12.1. The first-order chi connectivity index (χ1) is 8.30. The number of nitrogens with zero attached hydrogens (tertiary/aromatic N) is 1. The van der Waals surface area contributed by atoms with Crippen LogP contribution in [-0.2, 0) is 4.74 Å². The minimum Gasteiger partial charge on any atom is -0.394 e. The van der Waals surface area contributed by atoms with Crippen molar-refractivity contribution >= 4 is 0 Å². The molecule has 0 spiro atoms. The lowest BCUT2D eigenvalue weighted by molar-refractivity contribution is 0.0867. The second kappa shape index (κ2) is 6.14. The normalized spacial score (nSPS) is 26.5. The van der Waals surface area contributed by atoms with Crippen molar-refractivity contribution in [2.24, 2.45) is 5.92 Å². The Kier molecular flexibility index (Phi) is 4.79. The standard InChI is InChI=1S/C13H26N2O2/c1-2-14-13(11-16,12-4-5-12)10-15-6-3-8-17-9-7-15/h12,14,16H,2-11H2,1H3. The third kappa shape index (κ3) is 3.41. The first-order valence-corrected chi connectivity index (χ1v) is 6.97. The molecule has 2 rings (SSSR count). The summed E-state index contributed by atoms with van der Waals surface area (Å²) >= 11 is 0. The molecule has 1 heterocycles. The van der Waals surface area contributed by atoms with Crippen molar-refractivity contribution in [1.82, 2.24) is 10.2 Å². The molecule has 4 heteroatoms. The Morgan fingerprint density at radius 3 is 2.82 bits per heavy atom. The van der Waals surface area contributed by atoms with Gasteiger partial charge >= 0.3 is 0 Å². The second-order valence-electron chi connectivity index (χ2n) is 5.36. The van der Waals surface area contributed by atoms with Crippen LogP contribution in [0.5, 0.6) is 0 Å². The van der Waals surface area contributed by atoms with Crippen LogP contribution in [-0.4, -0.2) is 61.5 Å². The molecule has 0 bridgehead atoms. The fraction of sp³-hybridized carbons (Fsp3) is 1.00. The van der Waals surface area contributed by atoms with Gasteiger partial charge in [-0.25, -0.2) is 0 Å². The van der Waals surface area contributed by atoms with Gasteiger partial charge in [0.05, 0.1) is 18.8 Å². The number of rotatable bonds is 6. The van der Waals surface area contributed by atoms with Gasteiger partial charge in [-0.2, -0.15) is 0 Å². The van der Waals surface area contributed by atoms with Gasteiger partial charge in [0.1, 0.15) is 0 Å². The molecule has 1 unspecified atom stereocenters. The van der Waals surface area contributed by atoms with Crippen molar-refractivity contribution in [3.05, 3.63) is 0 Å². The van der Waals surface area contributed by atoms with E-state index >= 15 is 0 Å². The molecule has 1 saturated heterocycles. The van der Waals surface area contributed by atoms with E-state index in [0.29, 0.717) is 5.92 Å². The van der Waals surface area contributed by atoms with E-state index in [1.807, 2.05) is 0 Å². The van der Waals surface area contributed by atoms with Gasteiger partial charge < -0.3 is 15.2 Å². The van der Waals surface area contributed by atoms with Crippen LogP contribution in [0.2, 0.25) is 0 Å². The molecule has 0 radical (unpaired) electrons. The highest BCUT2D eigenvalue weighted by Crippen LogP contribution is 2.40. The van der Waals surface area contributed by atoms with Gasteiger partial charge in [-0.1, -0.05) is 6.92 Å². The van der Waals surface area contributed by atoms with E-state index in [1.54, 1.807) is 0 Å². The predicted molar refractivity (Wildman–Crippen MR) is 68.1 cm³/mol. The summed E-state index contributed by atoms with van der Waals surface area (Å²) in [7, 11) is 0. The molecule has 0 aromatic heterocycles. The number of aliphatic hydroxyl groups excluding tert-OH is 1. The van der Waals surface area contributed by atoms with Crippen molar-refractivity contribution in [2.75, 3.05) is 46.0 Å². The first-order valence-electron chi connectivity index (χ1n) is 6.97. The summed E-state index contributed by atoms with van der Waals surface area (Å²) < 4.78 is 5.48. The van der Waals surface area contributed by atoms with Gasteiger partial charge in [-0.05, 0) is 31.7 Å². The Morgan fingerprint density at radius 2 is 2.18 bits per heavy atom. The summed E-state index contributed by atoms with van der Waals surface area (Å²) in [6, 6.07) is 0. The maximum Gasteiger partial charge on any atom is 0.0628 e. The van der Waals surface area contributed by atoms with Crippen LogP contribution in [0.3, 0.4) is 0 Å². The second-order valence-corrected chi connectivity index (χ2v) is 5.36. The van der Waals surface area contributed by atoms with Crippen molar-refractivity contribution < 1.29 is 9.84 Å². The van der Waals surface area contributed by atoms with Crippen LogP contribution < -0.4 is 5.32 Å². The average molecular weight is 242 g/mol. The van der Waals surface area contributed by atoms with E-state index < -0.39 is 0 Å². The van der Waals surface area contributed by atoms with E-state index in [9.17, 15) is 5.11 Å². The molecule has 0 aromatic rings. The Balaban J connectivity index is 1.94. The minimum atomic E-state index is -0.0703. The quantitative estimate of drug-likeness (QED) is 0.710. The molecule has 0 amide bonds. The lowest BCUT2D eigenvalue weighted by atomic mass is 9.93. The van der Waals surface area contributed by atoms with Crippen molar-refractivity contribution in [2.45, 2.75) is 31.7 Å². The number of aliphatic hydroxyl groups is 1. The summed E-state index contributed by atoms with van der Waals surface area (Å²) in [5.74, 6) is 0.664. The van der Waals surface area contributed by atoms with E-state index in [0.717, 1.165) is 45.8 Å². The van der Waals surface area contributed by atoms with E-state index in [-0.39, 0.29) is 12.1 Å². The third-order valence-corrected chi connectivity index (χ3v) is 3.99. The molecule has 2 aliphatic rings. The minimum absolute atomic E-state index is 0.0703. The molecule has 100 valence electrons. The monoisotopic (exact) mass is 242 g/mol. The Morgan fingerprint density at radius 1 is 1.35 bits per heavy atom. The highest BCUT2D eigenvalue weighted by Gasteiger charge is 2.45. The molecule has 1 aliphatic heterocycles. The Bertz CT molecular complexity index is 225. The molecular weight excluding hydrogens is 216 g/mol. The summed E-state index contributed by atoms with van der Waals surface area (Å²) in [4.78, 5) is 2.45. The highest BCUT2D eigenvalue weighted by molar-refractivity contribution is 5.02. The summed E-state index contributed by atoms with van der Waals surface area (Å²) in [5, 5.41) is 13.3. The van der Waals surface area contributed by atoms with Crippen LogP contribution >= 0.6 is 0 Å². The predicted octanol–water partition coefficient (Wildman–Crippen LogP) is 0.459. The fourth-order valence-electron chi connectivity index (χ4n) is 2.91. The number of likely N-dealkylation sites (N-methyl/N-ethyl adjacent to an activating group) is 1. The first kappa shape index (κ1) is 13.3. The molecule has 0 aromatic carbocycles. The van der Waals surface area contributed by atoms with Gasteiger partial charge in [0.25, 0.3) is 0 Å². The van der Waals surface area contributed by atoms with Crippen LogP contribution in [0, 0.1) is 5.92 Å². The summed E-state index contributed by atoms with van der Waals surface area (Å²) in [6.45, 7) is 8.08. The number of hydrogen-bond acceptors (Lipinski definition) is 4. The zero-order valence-electron chi connectivity index (χ0n) is 11.0. The SMILES string of the molecule is CCNC(CO)(CN1CCCOCC1)C1CC1. The van der Waals surface area contributed by atoms with Gasteiger partial charge in [-0.3, -0.25) is 4.90 Å². The summed E-state index contributed by atoms with van der Waals surface area (Å²) in [5.41, 5.74) is -0.0703. The molecule has 2 fully saturated rings. The molecular formula is C13H26N2O2. The van der Waals surface area contributed by atoms with Crippen molar-refractivity contribution in [1.29, 1.82) is 0 Å². The van der Waals surface area contributed by atoms with E-state index in [2.05, 4.69) is 17.1 Å². The van der Waals surface area contributed by atoms with Crippen LogP contribution in [0.4, 0.5) is 0 Å². The summed E-state index contributed by atoms with van der Waals surface area (Å²) in [6.07, 6.45) is 3.63. The highest BCUT2D eigenvalue weighted by atomic mass is 16.5. The smallest absolute Gasteiger partial charge is 0.0628 e. The van der Waals surface area contributed by atoms with Crippen molar-refractivity contribution in [3.8, 4) is 0 Å². The lowest BCUT2D eigenvalue weighted by Crippen LogP contribution is -2.58. The largest absolute Gasteiger partial charge is 0.394 e. The van der Waals surface area contributed by atoms with E-state index in [1.165, 1.54) is 12.8 Å². The maximum absolute atomic E-state index is 9.80. The molecule has 1 aliphatic carbocycles. The number of nitrogens with one attached hydrogen (secondary N) is 1.